The van der Waals surface area contributed by atoms with Crippen molar-refractivity contribution in [2.24, 2.45) is 11.3 Å². The smallest absolute Gasteiger partial charge is 0.412 e. The first kappa shape index (κ1) is 43.8. The van der Waals surface area contributed by atoms with E-state index in [-0.39, 0.29) is 62.2 Å². The Labute approximate surface area is 340 Å². The van der Waals surface area contributed by atoms with Crippen molar-refractivity contribution < 1.29 is 57.1 Å². The standard InChI is InChI=1S/C44H58N2O12/c1-8-52-37(48)12-10-20-45-40(50)55-32-23-29(24-33-31(32)16-18-42(3,4)57-33)15-14-28-22-30-26-35-43(5,6)36(54-27-47)17-19-44(35,7)58-39(30)34(25-28)56-41(51)46-21-11-13-38(49)53-9-2/h14-15,22-25,27,35-36H,8-13,16-21,26H2,1-7H3,(H,45,50)(H,46,51)/b15-14+/t35-,36-,44-/m1/s1. The Hall–Kier alpha value is -5.27. The maximum Gasteiger partial charge on any atom is 0.412 e. The lowest BCUT2D eigenvalue weighted by atomic mass is 9.57. The molecule has 0 radical (unpaired) electrons. The van der Waals surface area contributed by atoms with E-state index in [9.17, 15) is 24.0 Å². The number of ether oxygens (including phenoxy) is 7. The second kappa shape index (κ2) is 19.0. The molecule has 5 rings (SSSR count). The Morgan fingerprint density at radius 2 is 1.38 bits per heavy atom. The Morgan fingerprint density at radius 1 is 0.793 bits per heavy atom. The second-order valence-corrected chi connectivity index (χ2v) is 16.4. The van der Waals surface area contributed by atoms with Gasteiger partial charge >= 0.3 is 24.1 Å². The van der Waals surface area contributed by atoms with Crippen molar-refractivity contribution in [1.29, 1.82) is 0 Å². The van der Waals surface area contributed by atoms with Crippen LogP contribution >= 0.6 is 0 Å². The van der Waals surface area contributed by atoms with Gasteiger partial charge in [0.15, 0.2) is 11.5 Å². The van der Waals surface area contributed by atoms with Gasteiger partial charge < -0.3 is 43.8 Å². The summed E-state index contributed by atoms with van der Waals surface area (Å²) in [5.74, 6) is 0.987. The number of fused-ring (bicyclic) bond motifs is 3. The van der Waals surface area contributed by atoms with E-state index in [1.807, 2.05) is 38.1 Å². The lowest BCUT2D eigenvalue weighted by Gasteiger charge is -2.55. The van der Waals surface area contributed by atoms with Crippen LogP contribution in [0.2, 0.25) is 0 Å². The molecule has 1 fully saturated rings. The molecule has 1 aliphatic carbocycles. The summed E-state index contributed by atoms with van der Waals surface area (Å²) in [7, 11) is 0. The van der Waals surface area contributed by atoms with E-state index in [1.165, 1.54) is 0 Å². The number of rotatable bonds is 16. The van der Waals surface area contributed by atoms with Crippen LogP contribution in [0.15, 0.2) is 24.3 Å². The highest BCUT2D eigenvalue weighted by Gasteiger charge is 2.56. The van der Waals surface area contributed by atoms with Crippen molar-refractivity contribution in [1.82, 2.24) is 10.6 Å². The van der Waals surface area contributed by atoms with Crippen molar-refractivity contribution in [2.75, 3.05) is 26.3 Å². The summed E-state index contributed by atoms with van der Waals surface area (Å²) < 4.78 is 40.4. The fourth-order valence-corrected chi connectivity index (χ4v) is 8.18. The number of hydrogen-bond donors (Lipinski definition) is 2. The van der Waals surface area contributed by atoms with Crippen molar-refractivity contribution in [3.8, 4) is 23.0 Å². The number of benzene rings is 2. The zero-order valence-corrected chi connectivity index (χ0v) is 34.8. The van der Waals surface area contributed by atoms with Gasteiger partial charge in [0.1, 0.15) is 28.8 Å². The fraction of sp³-hybridized carbons (Fsp3) is 0.568. The fourth-order valence-electron chi connectivity index (χ4n) is 8.18. The molecule has 3 atom stereocenters. The van der Waals surface area contributed by atoms with Crippen molar-refractivity contribution in [3.63, 3.8) is 0 Å². The maximum absolute atomic E-state index is 13.1. The first-order valence-electron chi connectivity index (χ1n) is 20.3. The van der Waals surface area contributed by atoms with Crippen molar-refractivity contribution in [3.05, 3.63) is 46.5 Å². The van der Waals surface area contributed by atoms with E-state index in [1.54, 1.807) is 26.0 Å². The third-order valence-corrected chi connectivity index (χ3v) is 11.2. The number of carbonyl (C=O) groups is 5. The van der Waals surface area contributed by atoms with Crippen LogP contribution in [0.25, 0.3) is 12.2 Å². The number of nitrogens with one attached hydrogen (secondary N) is 2. The van der Waals surface area contributed by atoms with Gasteiger partial charge in [0.25, 0.3) is 6.47 Å². The molecule has 0 spiro atoms. The van der Waals surface area contributed by atoms with Crippen LogP contribution in [0, 0.1) is 11.3 Å². The highest BCUT2D eigenvalue weighted by molar-refractivity contribution is 5.78. The van der Waals surface area contributed by atoms with Crippen LogP contribution in [0.1, 0.15) is 116 Å². The van der Waals surface area contributed by atoms with E-state index in [0.29, 0.717) is 80.0 Å². The molecule has 1 saturated carbocycles. The number of esters is 2. The van der Waals surface area contributed by atoms with Gasteiger partial charge in [-0.25, -0.2) is 9.59 Å². The molecule has 316 valence electrons. The molecule has 2 aromatic carbocycles. The molecule has 2 heterocycles. The molecular weight excluding hydrogens is 748 g/mol. The topological polar surface area (TPSA) is 174 Å². The Balaban J connectivity index is 1.42. The summed E-state index contributed by atoms with van der Waals surface area (Å²) in [6.07, 6.45) is 6.45. The largest absolute Gasteiger partial charge is 0.487 e. The third kappa shape index (κ3) is 11.0. The monoisotopic (exact) mass is 806 g/mol. The van der Waals surface area contributed by atoms with Gasteiger partial charge in [-0.05, 0) is 121 Å². The second-order valence-electron chi connectivity index (χ2n) is 16.4. The molecule has 2 N–H and O–H groups in total. The first-order valence-corrected chi connectivity index (χ1v) is 20.3. The lowest BCUT2D eigenvalue weighted by Crippen LogP contribution is -2.59. The predicted molar refractivity (Wildman–Crippen MR) is 215 cm³/mol. The van der Waals surface area contributed by atoms with Gasteiger partial charge in [-0.15, -0.1) is 0 Å². The molecular formula is C44H58N2O12. The summed E-state index contributed by atoms with van der Waals surface area (Å²) in [5.41, 5.74) is 1.55. The van der Waals surface area contributed by atoms with Crippen LogP contribution in [0.3, 0.4) is 0 Å². The summed E-state index contributed by atoms with van der Waals surface area (Å²) in [6.45, 7) is 15.3. The molecule has 2 amide bonds. The van der Waals surface area contributed by atoms with E-state index >= 15 is 0 Å². The molecule has 2 aromatic rings. The molecule has 0 saturated heterocycles. The van der Waals surface area contributed by atoms with Gasteiger partial charge in [-0.3, -0.25) is 14.4 Å². The molecule has 3 aliphatic rings. The van der Waals surface area contributed by atoms with E-state index < -0.39 is 28.8 Å². The summed E-state index contributed by atoms with van der Waals surface area (Å²) in [6, 6.07) is 7.42. The molecule has 14 nitrogen and oxygen atoms in total. The van der Waals surface area contributed by atoms with Crippen molar-refractivity contribution >= 4 is 42.7 Å². The van der Waals surface area contributed by atoms with Crippen LogP contribution < -0.4 is 29.6 Å². The molecule has 0 bridgehead atoms. The van der Waals surface area contributed by atoms with Gasteiger partial charge in [0.2, 0.25) is 0 Å². The predicted octanol–water partition coefficient (Wildman–Crippen LogP) is 7.50. The summed E-state index contributed by atoms with van der Waals surface area (Å²) >= 11 is 0. The zero-order chi connectivity index (χ0) is 42.1. The minimum absolute atomic E-state index is 0.0350. The lowest BCUT2D eigenvalue weighted by molar-refractivity contribution is -0.167. The Bertz CT molecular complexity index is 1870. The van der Waals surface area contributed by atoms with E-state index in [4.69, 9.17) is 33.2 Å². The van der Waals surface area contributed by atoms with Crippen LogP contribution in [0.4, 0.5) is 9.59 Å². The van der Waals surface area contributed by atoms with E-state index in [0.717, 1.165) is 17.5 Å². The average Bonchev–Trinajstić information content (AvgIpc) is 3.15. The normalized spacial score (nSPS) is 21.1. The zero-order valence-electron chi connectivity index (χ0n) is 34.8. The number of hydrogen-bond acceptors (Lipinski definition) is 12. The number of amides is 2. The van der Waals surface area contributed by atoms with Gasteiger partial charge in [0, 0.05) is 42.8 Å². The minimum Gasteiger partial charge on any atom is -0.487 e. The third-order valence-electron chi connectivity index (χ3n) is 11.2. The summed E-state index contributed by atoms with van der Waals surface area (Å²) in [5, 5.41) is 5.43. The van der Waals surface area contributed by atoms with E-state index in [2.05, 4.69) is 31.4 Å². The SMILES string of the molecule is CCOC(=O)CCCNC(=O)Oc1cc(/C=C/c2cc3c(c(OC(=O)NCCCC(=O)OCC)c2)O[C@]2(C)CC[C@@H](OC=O)C(C)(C)[C@H]2C3)cc2c1CCC(C)(C)O2. The van der Waals surface area contributed by atoms with Gasteiger partial charge in [-0.2, -0.15) is 0 Å². The highest BCUT2D eigenvalue weighted by Crippen LogP contribution is 2.55. The van der Waals surface area contributed by atoms with Crippen LogP contribution in [0.5, 0.6) is 23.0 Å². The van der Waals surface area contributed by atoms with Crippen LogP contribution in [-0.2, 0) is 41.4 Å². The Kier molecular flexibility index (Phi) is 14.4. The van der Waals surface area contributed by atoms with Crippen LogP contribution in [-0.4, -0.2) is 74.2 Å². The maximum atomic E-state index is 13.1. The highest BCUT2D eigenvalue weighted by atomic mass is 16.6. The Morgan fingerprint density at radius 3 is 1.98 bits per heavy atom. The average molecular weight is 807 g/mol. The number of carbonyl (C=O) groups excluding carboxylic acids is 5. The molecule has 2 aliphatic heterocycles. The first-order chi connectivity index (χ1) is 27.6. The molecule has 0 aromatic heterocycles. The molecule has 58 heavy (non-hydrogen) atoms. The van der Waals surface area contributed by atoms with Crippen molar-refractivity contribution in [2.45, 2.75) is 124 Å². The van der Waals surface area contributed by atoms with Gasteiger partial charge in [0.05, 0.1) is 13.2 Å². The minimum atomic E-state index is -0.693. The molecule has 14 heteroatoms. The quantitative estimate of drug-likeness (QED) is 0.0563. The van der Waals surface area contributed by atoms with Gasteiger partial charge in [-0.1, -0.05) is 26.0 Å². The summed E-state index contributed by atoms with van der Waals surface area (Å²) in [4.78, 5) is 60.9. The molecule has 0 unspecified atom stereocenters.